The number of carboxylic acid groups (broad SMARTS) is 1. The van der Waals surface area contributed by atoms with Crippen LogP contribution in [0.5, 0.6) is 5.75 Å². The van der Waals surface area contributed by atoms with Gasteiger partial charge in [-0.3, -0.25) is 9.59 Å². The van der Waals surface area contributed by atoms with Gasteiger partial charge in [0.25, 0.3) is 5.91 Å². The van der Waals surface area contributed by atoms with E-state index in [-0.39, 0.29) is 66.7 Å². The molecule has 0 radical (unpaired) electrons. The number of aromatic nitrogens is 1. The van der Waals surface area contributed by atoms with Gasteiger partial charge in [0.05, 0.1) is 25.7 Å². The number of amides is 1. The molecule has 0 aliphatic rings. The standard InChI is InChI=1S/C35H39FN2O6.Na.H/c1-22(2)38-30(18-15-27(39)19-28(40)20-31(41)42)32(25-11-13-26(36)14-12-25)33(24-7-5-4-6-8-24)34(38)35(43)37-21-23-9-16-29(44-3)17-10-23;;/h4-14,16-17,22,27-28,39-40H,15,18-21H2,1-3H3,(H,37,43)(H,41,42);;/t27-,28-;;/m1../s1. The zero-order valence-electron chi connectivity index (χ0n) is 25.2. The molecule has 0 saturated heterocycles. The number of ether oxygens (including phenoxy) is 1. The summed E-state index contributed by atoms with van der Waals surface area (Å²) in [6.45, 7) is 4.22. The second-order valence-electron chi connectivity index (χ2n) is 11.1. The van der Waals surface area contributed by atoms with E-state index < -0.39 is 24.6 Å². The Bertz CT molecular complexity index is 1560. The molecule has 10 heteroatoms. The van der Waals surface area contributed by atoms with Crippen molar-refractivity contribution < 1.29 is 34.0 Å². The molecule has 234 valence electrons. The van der Waals surface area contributed by atoms with E-state index in [0.717, 1.165) is 22.4 Å². The predicted octanol–water partition coefficient (Wildman–Crippen LogP) is 5.35. The fourth-order valence-electron chi connectivity index (χ4n) is 5.52. The molecule has 4 N–H and O–H groups in total. The summed E-state index contributed by atoms with van der Waals surface area (Å²) >= 11 is 0. The number of halogens is 1. The first-order valence-electron chi connectivity index (χ1n) is 14.7. The van der Waals surface area contributed by atoms with Gasteiger partial charge < -0.3 is 29.9 Å². The molecule has 0 aliphatic heterocycles. The number of aliphatic carboxylic acids is 1. The molecule has 0 fully saturated rings. The zero-order valence-corrected chi connectivity index (χ0v) is 25.2. The monoisotopic (exact) mass is 626 g/mol. The maximum atomic E-state index is 14.1. The van der Waals surface area contributed by atoms with Gasteiger partial charge >= 0.3 is 35.5 Å². The molecule has 0 aliphatic carbocycles. The molecule has 1 aromatic heterocycles. The molecule has 0 unspecified atom stereocenters. The molecule has 0 bridgehead atoms. The average molecular weight is 627 g/mol. The van der Waals surface area contributed by atoms with Crippen LogP contribution in [0.1, 0.15) is 60.9 Å². The van der Waals surface area contributed by atoms with Crippen LogP contribution in [0.3, 0.4) is 0 Å². The van der Waals surface area contributed by atoms with E-state index in [1.165, 1.54) is 12.1 Å². The van der Waals surface area contributed by atoms with Gasteiger partial charge in [-0.2, -0.15) is 0 Å². The van der Waals surface area contributed by atoms with Crippen molar-refractivity contribution in [2.75, 3.05) is 7.11 Å². The van der Waals surface area contributed by atoms with E-state index in [4.69, 9.17) is 9.84 Å². The fraction of sp³-hybridized carbons (Fsp3) is 0.314. The van der Waals surface area contributed by atoms with E-state index >= 15 is 0 Å². The van der Waals surface area contributed by atoms with Crippen LogP contribution in [0, 0.1) is 5.82 Å². The Morgan fingerprint density at radius 2 is 1.51 bits per heavy atom. The molecule has 1 amide bonds. The molecule has 4 rings (SSSR count). The fourth-order valence-corrected chi connectivity index (χ4v) is 5.52. The van der Waals surface area contributed by atoms with Crippen LogP contribution < -0.4 is 10.1 Å². The minimum atomic E-state index is -1.19. The second kappa shape index (κ2) is 16.7. The third-order valence-corrected chi connectivity index (χ3v) is 7.51. The van der Waals surface area contributed by atoms with E-state index in [0.29, 0.717) is 29.0 Å². The van der Waals surface area contributed by atoms with Crippen molar-refractivity contribution in [3.8, 4) is 28.0 Å². The van der Waals surface area contributed by atoms with Crippen molar-refractivity contribution in [2.24, 2.45) is 0 Å². The Morgan fingerprint density at radius 3 is 2.09 bits per heavy atom. The molecule has 4 aromatic rings. The topological polar surface area (TPSA) is 121 Å². The van der Waals surface area contributed by atoms with Gasteiger partial charge in [0.2, 0.25) is 0 Å². The van der Waals surface area contributed by atoms with Crippen LogP contribution in [0.2, 0.25) is 0 Å². The number of nitrogens with one attached hydrogen (secondary N) is 1. The van der Waals surface area contributed by atoms with Crippen molar-refractivity contribution in [1.29, 1.82) is 0 Å². The number of hydrogen-bond donors (Lipinski definition) is 4. The molecular formula is C35H40FN2NaO6. The van der Waals surface area contributed by atoms with Gasteiger partial charge in [-0.1, -0.05) is 54.6 Å². The van der Waals surface area contributed by atoms with Crippen molar-refractivity contribution in [1.82, 2.24) is 9.88 Å². The first-order valence-corrected chi connectivity index (χ1v) is 14.7. The van der Waals surface area contributed by atoms with E-state index in [2.05, 4.69) is 5.32 Å². The number of carbonyl (C=O) groups is 2. The molecule has 0 spiro atoms. The summed E-state index contributed by atoms with van der Waals surface area (Å²) in [6.07, 6.45) is -2.19. The van der Waals surface area contributed by atoms with Crippen LogP contribution >= 0.6 is 0 Å². The summed E-state index contributed by atoms with van der Waals surface area (Å²) in [6, 6.07) is 22.9. The van der Waals surface area contributed by atoms with Crippen molar-refractivity contribution in [3.63, 3.8) is 0 Å². The number of nitrogens with zero attached hydrogens (tertiary/aromatic N) is 1. The quantitative estimate of drug-likeness (QED) is 0.140. The number of aliphatic hydroxyl groups excluding tert-OH is 2. The van der Waals surface area contributed by atoms with Gasteiger partial charge in [0.15, 0.2) is 0 Å². The van der Waals surface area contributed by atoms with Crippen LogP contribution in [0.4, 0.5) is 4.39 Å². The van der Waals surface area contributed by atoms with Gasteiger partial charge in [-0.05, 0) is 74.1 Å². The first-order chi connectivity index (χ1) is 21.1. The average Bonchev–Trinajstić information content (AvgIpc) is 3.35. The van der Waals surface area contributed by atoms with Crippen molar-refractivity contribution in [3.05, 3.63) is 102 Å². The molecule has 3 aromatic carbocycles. The summed E-state index contributed by atoms with van der Waals surface area (Å²) in [4.78, 5) is 25.2. The molecule has 2 atom stereocenters. The zero-order chi connectivity index (χ0) is 31.8. The Morgan fingerprint density at radius 1 is 0.889 bits per heavy atom. The third-order valence-electron chi connectivity index (χ3n) is 7.51. The maximum absolute atomic E-state index is 14.1. The summed E-state index contributed by atoms with van der Waals surface area (Å²) < 4.78 is 21.3. The molecule has 1 heterocycles. The first kappa shape index (κ1) is 36.0. The van der Waals surface area contributed by atoms with Gasteiger partial charge in [0.1, 0.15) is 17.3 Å². The number of aliphatic hydroxyl groups is 2. The summed E-state index contributed by atoms with van der Waals surface area (Å²) in [5, 5.41) is 32.9. The Balaban J connectivity index is 0.00000552. The Labute approximate surface area is 285 Å². The number of methoxy groups -OCH3 is 1. The summed E-state index contributed by atoms with van der Waals surface area (Å²) in [7, 11) is 1.59. The number of carboxylic acids is 1. The van der Waals surface area contributed by atoms with Crippen LogP contribution in [-0.4, -0.2) is 80.6 Å². The summed E-state index contributed by atoms with van der Waals surface area (Å²) in [5.74, 6) is -1.11. The molecule has 45 heavy (non-hydrogen) atoms. The van der Waals surface area contributed by atoms with E-state index in [9.17, 15) is 24.2 Å². The summed E-state index contributed by atoms with van der Waals surface area (Å²) in [5.41, 5.74) is 5.06. The van der Waals surface area contributed by atoms with Crippen LogP contribution in [0.25, 0.3) is 22.3 Å². The van der Waals surface area contributed by atoms with E-state index in [1.54, 1.807) is 19.2 Å². The Hall–Kier alpha value is -3.47. The SMILES string of the molecule is COc1ccc(CNC(=O)c2c(-c3ccccc3)c(-c3ccc(F)cc3)c(CC[C@@H](O)C[C@@H](O)CC(=O)O)n2C(C)C)cc1.[NaH]. The number of benzene rings is 3. The predicted molar refractivity (Wildman–Crippen MR) is 174 cm³/mol. The second-order valence-corrected chi connectivity index (χ2v) is 11.1. The van der Waals surface area contributed by atoms with Crippen LogP contribution in [-0.2, 0) is 17.8 Å². The third kappa shape index (κ3) is 9.28. The normalized spacial score (nSPS) is 12.3. The van der Waals surface area contributed by atoms with Crippen molar-refractivity contribution >= 4 is 41.4 Å². The van der Waals surface area contributed by atoms with Gasteiger partial charge in [0, 0.05) is 29.4 Å². The minimum absolute atomic E-state index is 0. The van der Waals surface area contributed by atoms with E-state index in [1.807, 2.05) is 73.0 Å². The van der Waals surface area contributed by atoms with Crippen molar-refractivity contribution in [2.45, 2.75) is 64.3 Å². The molecular weight excluding hydrogens is 586 g/mol. The number of rotatable bonds is 14. The van der Waals surface area contributed by atoms with Gasteiger partial charge in [-0.15, -0.1) is 0 Å². The van der Waals surface area contributed by atoms with Gasteiger partial charge in [-0.25, -0.2) is 4.39 Å². The molecule has 8 nitrogen and oxygen atoms in total. The Kier molecular flexibility index (Phi) is 13.4. The number of carbonyl (C=O) groups excluding carboxylic acids is 1. The van der Waals surface area contributed by atoms with Crippen LogP contribution in [0.15, 0.2) is 78.9 Å². The number of hydrogen-bond acceptors (Lipinski definition) is 5. The molecule has 0 saturated carbocycles.